The maximum Gasteiger partial charge on any atom is 0.241 e. The van der Waals surface area contributed by atoms with Crippen LogP contribution in [0.3, 0.4) is 0 Å². The van der Waals surface area contributed by atoms with Gasteiger partial charge in [0, 0.05) is 16.8 Å². The van der Waals surface area contributed by atoms with E-state index in [4.69, 9.17) is 5.11 Å². The quantitative estimate of drug-likeness (QED) is 0.739. The van der Waals surface area contributed by atoms with Crippen molar-refractivity contribution in [3.63, 3.8) is 0 Å². The molecule has 0 saturated carbocycles. The van der Waals surface area contributed by atoms with Crippen LogP contribution in [0.4, 0.5) is 0 Å². The highest BCUT2D eigenvalue weighted by Crippen LogP contribution is 2.18. The van der Waals surface area contributed by atoms with Crippen LogP contribution in [0.5, 0.6) is 0 Å². The lowest BCUT2D eigenvalue weighted by molar-refractivity contribution is 0.285. The molecule has 0 radical (unpaired) electrons. The molecule has 0 aliphatic rings. The van der Waals surface area contributed by atoms with Gasteiger partial charge in [0.2, 0.25) is 10.0 Å². The van der Waals surface area contributed by atoms with Crippen LogP contribution < -0.4 is 4.72 Å². The summed E-state index contributed by atoms with van der Waals surface area (Å²) in [4.78, 5) is 0.898. The lowest BCUT2D eigenvalue weighted by atomic mass is 10.5. The summed E-state index contributed by atoms with van der Waals surface area (Å²) in [6, 6.07) is 1.50. The van der Waals surface area contributed by atoms with Gasteiger partial charge in [-0.2, -0.15) is 11.8 Å². The zero-order valence-corrected chi connectivity index (χ0v) is 11.4. The van der Waals surface area contributed by atoms with Crippen LogP contribution in [-0.4, -0.2) is 32.1 Å². The van der Waals surface area contributed by atoms with Gasteiger partial charge in [-0.25, -0.2) is 13.1 Å². The van der Waals surface area contributed by atoms with Crippen molar-refractivity contribution >= 4 is 33.1 Å². The van der Waals surface area contributed by atoms with Gasteiger partial charge in [0.05, 0.1) is 11.5 Å². The predicted octanol–water partition coefficient (Wildman–Crippen LogP) is 1.27. The molecular formula is C9H15NO3S3. The Hall–Kier alpha value is -0.0800. The summed E-state index contributed by atoms with van der Waals surface area (Å²) < 4.78 is 26.0. The van der Waals surface area contributed by atoms with E-state index >= 15 is 0 Å². The van der Waals surface area contributed by atoms with Crippen LogP contribution in [-0.2, 0) is 16.6 Å². The molecule has 4 nitrogen and oxygen atoms in total. The molecule has 0 amide bonds. The Kier molecular flexibility index (Phi) is 5.77. The maximum absolute atomic E-state index is 11.7. The second-order valence-corrected chi connectivity index (χ2v) is 6.90. The van der Waals surface area contributed by atoms with Crippen molar-refractivity contribution in [1.29, 1.82) is 0 Å². The van der Waals surface area contributed by atoms with Gasteiger partial charge in [0.25, 0.3) is 0 Å². The predicted molar refractivity (Wildman–Crippen MR) is 68.4 cm³/mol. The van der Waals surface area contributed by atoms with Gasteiger partial charge >= 0.3 is 0 Å². The van der Waals surface area contributed by atoms with Crippen LogP contribution in [0.25, 0.3) is 0 Å². The van der Waals surface area contributed by atoms with Crippen molar-refractivity contribution in [1.82, 2.24) is 4.72 Å². The number of hydrogen-bond acceptors (Lipinski definition) is 5. The number of hydrogen-bond donors (Lipinski definition) is 2. The minimum Gasteiger partial charge on any atom is -0.391 e. The number of thioether (sulfide) groups is 1. The molecule has 16 heavy (non-hydrogen) atoms. The third-order valence-corrected chi connectivity index (χ3v) is 5.12. The smallest absolute Gasteiger partial charge is 0.241 e. The number of aliphatic hydroxyl groups excluding tert-OH is 1. The monoisotopic (exact) mass is 281 g/mol. The van der Waals surface area contributed by atoms with E-state index in [-0.39, 0.29) is 11.5 Å². The number of thiophene rings is 1. The Morgan fingerprint density at radius 3 is 2.88 bits per heavy atom. The summed E-state index contributed by atoms with van der Waals surface area (Å²) in [6.07, 6.45) is 2.80. The van der Waals surface area contributed by atoms with Crippen molar-refractivity contribution in [3.8, 4) is 0 Å². The van der Waals surface area contributed by atoms with E-state index in [1.54, 1.807) is 17.1 Å². The molecule has 1 aromatic heterocycles. The van der Waals surface area contributed by atoms with Gasteiger partial charge in [-0.15, -0.1) is 11.3 Å². The zero-order valence-electron chi connectivity index (χ0n) is 8.97. The van der Waals surface area contributed by atoms with Crippen molar-refractivity contribution in [2.75, 3.05) is 18.6 Å². The SMILES string of the molecule is CSCCCNS(=O)(=O)c1csc(CO)c1. The molecule has 0 unspecified atom stereocenters. The molecular weight excluding hydrogens is 266 g/mol. The van der Waals surface area contributed by atoms with E-state index in [1.807, 2.05) is 6.26 Å². The largest absolute Gasteiger partial charge is 0.391 e. The second kappa shape index (κ2) is 6.61. The van der Waals surface area contributed by atoms with E-state index < -0.39 is 10.0 Å². The normalized spacial score (nSPS) is 11.9. The Balaban J connectivity index is 2.56. The fourth-order valence-corrected chi connectivity index (χ4v) is 3.73. The maximum atomic E-state index is 11.7. The van der Waals surface area contributed by atoms with Crippen molar-refractivity contribution in [2.45, 2.75) is 17.9 Å². The minimum absolute atomic E-state index is 0.118. The summed E-state index contributed by atoms with van der Waals surface area (Å²) in [6.45, 7) is 0.333. The summed E-state index contributed by atoms with van der Waals surface area (Å²) in [7, 11) is -3.39. The molecule has 0 saturated heterocycles. The first kappa shape index (κ1) is 14.0. The average molecular weight is 281 g/mol. The van der Waals surface area contributed by atoms with Crippen LogP contribution in [0, 0.1) is 0 Å². The van der Waals surface area contributed by atoms with E-state index in [0.29, 0.717) is 11.4 Å². The van der Waals surface area contributed by atoms with Gasteiger partial charge in [-0.05, 0) is 24.5 Å². The van der Waals surface area contributed by atoms with Crippen molar-refractivity contribution in [3.05, 3.63) is 16.3 Å². The fourth-order valence-electron chi connectivity index (χ4n) is 1.09. The minimum atomic E-state index is -3.39. The van der Waals surface area contributed by atoms with E-state index in [0.717, 1.165) is 12.2 Å². The number of nitrogens with one attached hydrogen (secondary N) is 1. The third kappa shape index (κ3) is 4.06. The van der Waals surface area contributed by atoms with Gasteiger partial charge in [0.15, 0.2) is 0 Å². The molecule has 1 heterocycles. The molecule has 92 valence electrons. The molecule has 0 bridgehead atoms. The first-order valence-corrected chi connectivity index (χ1v) is 8.52. The number of aliphatic hydroxyl groups is 1. The molecule has 0 fully saturated rings. The van der Waals surface area contributed by atoms with Crippen LogP contribution in [0.15, 0.2) is 16.3 Å². The second-order valence-electron chi connectivity index (χ2n) is 3.15. The highest BCUT2D eigenvalue weighted by Gasteiger charge is 2.14. The Morgan fingerprint density at radius 2 is 2.31 bits per heavy atom. The van der Waals surface area contributed by atoms with Gasteiger partial charge in [-0.1, -0.05) is 0 Å². The lowest BCUT2D eigenvalue weighted by Gasteiger charge is -2.03. The molecule has 2 N–H and O–H groups in total. The van der Waals surface area contributed by atoms with Gasteiger partial charge in [-0.3, -0.25) is 0 Å². The standard InChI is InChI=1S/C9H15NO3S3/c1-14-4-2-3-10-16(12,13)9-5-8(6-11)15-7-9/h5,7,10-11H,2-4,6H2,1H3. The Labute approximate surface area is 104 Å². The fraction of sp³-hybridized carbons (Fsp3) is 0.556. The van der Waals surface area contributed by atoms with Gasteiger partial charge in [0.1, 0.15) is 0 Å². The summed E-state index contributed by atoms with van der Waals surface area (Å²) >= 11 is 2.94. The topological polar surface area (TPSA) is 66.4 Å². The molecule has 0 aliphatic carbocycles. The van der Waals surface area contributed by atoms with Crippen molar-refractivity contribution < 1.29 is 13.5 Å². The first-order chi connectivity index (χ1) is 7.60. The number of sulfonamides is 1. The highest BCUT2D eigenvalue weighted by molar-refractivity contribution is 7.98. The molecule has 0 spiro atoms. The molecule has 0 aliphatic heterocycles. The van der Waals surface area contributed by atoms with Gasteiger partial charge < -0.3 is 5.11 Å². The number of rotatable bonds is 7. The Morgan fingerprint density at radius 1 is 1.56 bits per heavy atom. The van der Waals surface area contributed by atoms with Crippen molar-refractivity contribution in [2.24, 2.45) is 0 Å². The first-order valence-electron chi connectivity index (χ1n) is 4.77. The van der Waals surface area contributed by atoms with E-state index in [2.05, 4.69) is 4.72 Å². The van der Waals surface area contributed by atoms with E-state index in [1.165, 1.54) is 17.4 Å². The highest BCUT2D eigenvalue weighted by atomic mass is 32.2. The van der Waals surface area contributed by atoms with Crippen LogP contribution >= 0.6 is 23.1 Å². The zero-order chi connectivity index (χ0) is 12.0. The third-order valence-electron chi connectivity index (χ3n) is 1.91. The summed E-state index contributed by atoms with van der Waals surface area (Å²) in [5.41, 5.74) is 0. The Bertz CT molecular complexity index is 413. The van der Waals surface area contributed by atoms with Crippen LogP contribution in [0.1, 0.15) is 11.3 Å². The summed E-state index contributed by atoms with van der Waals surface area (Å²) in [5, 5.41) is 10.4. The van der Waals surface area contributed by atoms with Crippen LogP contribution in [0.2, 0.25) is 0 Å². The average Bonchev–Trinajstić information content (AvgIpc) is 2.73. The molecule has 0 atom stereocenters. The summed E-state index contributed by atoms with van der Waals surface area (Å²) in [5.74, 6) is 0.939. The lowest BCUT2D eigenvalue weighted by Crippen LogP contribution is -2.24. The molecule has 1 rings (SSSR count). The van der Waals surface area contributed by atoms with E-state index in [9.17, 15) is 8.42 Å². The molecule has 1 aromatic rings. The molecule has 0 aromatic carbocycles. The molecule has 7 heteroatoms.